The molecule has 0 radical (unpaired) electrons. The summed E-state index contributed by atoms with van der Waals surface area (Å²) in [4.78, 5) is 12.5. The first-order chi connectivity index (χ1) is 14.1. The summed E-state index contributed by atoms with van der Waals surface area (Å²) in [5.41, 5.74) is 4.47. The van der Waals surface area contributed by atoms with Gasteiger partial charge in [-0.2, -0.15) is 0 Å². The Hall–Kier alpha value is -2.80. The van der Waals surface area contributed by atoms with Crippen LogP contribution in [0.5, 0.6) is 0 Å². The fourth-order valence-electron chi connectivity index (χ4n) is 2.92. The Bertz CT molecular complexity index is 1000. The first kappa shape index (κ1) is 21.9. The minimum Gasteiger partial charge on any atom is -0.351 e. The van der Waals surface area contributed by atoms with E-state index in [9.17, 15) is 4.79 Å². The van der Waals surface area contributed by atoms with E-state index in [0.29, 0.717) is 17.5 Å². The van der Waals surface area contributed by atoms with Crippen LogP contribution in [0.15, 0.2) is 53.7 Å². The highest BCUT2D eigenvalue weighted by Gasteiger charge is 2.20. The molecular formula is C23H29N5OS. The van der Waals surface area contributed by atoms with Crippen LogP contribution in [0.25, 0.3) is 11.4 Å². The Morgan fingerprint density at radius 3 is 2.33 bits per heavy atom. The van der Waals surface area contributed by atoms with Crippen LogP contribution in [-0.2, 0) is 16.8 Å². The van der Waals surface area contributed by atoms with Crippen molar-refractivity contribution in [1.29, 1.82) is 0 Å². The minimum absolute atomic E-state index is 0.0698. The summed E-state index contributed by atoms with van der Waals surface area (Å²) in [7, 11) is 0. The van der Waals surface area contributed by atoms with E-state index in [1.807, 2.05) is 50.2 Å². The first-order valence-corrected chi connectivity index (χ1v) is 10.8. The number of thioether (sulfide) groups is 1. The van der Waals surface area contributed by atoms with Crippen LogP contribution in [0.4, 0.5) is 0 Å². The van der Waals surface area contributed by atoms with Crippen molar-refractivity contribution in [2.24, 2.45) is 0 Å². The maximum absolute atomic E-state index is 12.5. The van der Waals surface area contributed by atoms with Gasteiger partial charge in [0.05, 0.1) is 5.25 Å². The van der Waals surface area contributed by atoms with Crippen molar-refractivity contribution in [3.05, 3.63) is 65.2 Å². The van der Waals surface area contributed by atoms with Gasteiger partial charge in [-0.25, -0.2) is 4.68 Å². The molecule has 7 heteroatoms. The standard InChI is InChI=1S/C23H29N5OS/c1-15-6-8-17(9-7-15)14-25-21(29)16(2)30-22-27-26-20(28(22)24)18-10-12-19(13-11-18)23(3,4)5/h6-13,16H,14,24H2,1-5H3,(H,25,29). The molecule has 0 saturated carbocycles. The number of hydrogen-bond acceptors (Lipinski definition) is 5. The molecule has 6 nitrogen and oxygen atoms in total. The second-order valence-electron chi connectivity index (χ2n) is 8.47. The van der Waals surface area contributed by atoms with Crippen molar-refractivity contribution in [3.8, 4) is 11.4 Å². The topological polar surface area (TPSA) is 85.8 Å². The summed E-state index contributed by atoms with van der Waals surface area (Å²) in [6, 6.07) is 16.3. The smallest absolute Gasteiger partial charge is 0.233 e. The average molecular weight is 424 g/mol. The normalized spacial score (nSPS) is 12.6. The molecule has 0 aliphatic heterocycles. The number of nitrogens with two attached hydrogens (primary N) is 1. The molecule has 0 saturated heterocycles. The lowest BCUT2D eigenvalue weighted by atomic mass is 9.87. The largest absolute Gasteiger partial charge is 0.351 e. The predicted octanol–water partition coefficient (Wildman–Crippen LogP) is 4.06. The molecule has 1 unspecified atom stereocenters. The number of nitrogens with one attached hydrogen (secondary N) is 1. The Morgan fingerprint density at radius 2 is 1.73 bits per heavy atom. The van der Waals surface area contributed by atoms with E-state index in [-0.39, 0.29) is 16.6 Å². The third-order valence-electron chi connectivity index (χ3n) is 4.91. The van der Waals surface area contributed by atoms with Gasteiger partial charge >= 0.3 is 0 Å². The second-order valence-corrected chi connectivity index (χ2v) is 9.77. The number of rotatable bonds is 6. The predicted molar refractivity (Wildman–Crippen MR) is 123 cm³/mol. The van der Waals surface area contributed by atoms with Crippen molar-refractivity contribution in [2.45, 2.75) is 57.0 Å². The van der Waals surface area contributed by atoms with Crippen LogP contribution in [0, 0.1) is 6.92 Å². The summed E-state index contributed by atoms with van der Waals surface area (Å²) in [6.45, 7) is 10.9. The van der Waals surface area contributed by atoms with Crippen molar-refractivity contribution in [1.82, 2.24) is 20.2 Å². The van der Waals surface area contributed by atoms with Gasteiger partial charge in [0.1, 0.15) is 0 Å². The number of aromatic nitrogens is 3. The number of benzene rings is 2. The van der Waals surface area contributed by atoms with Crippen LogP contribution < -0.4 is 11.2 Å². The molecule has 3 rings (SSSR count). The molecule has 0 fully saturated rings. The van der Waals surface area contributed by atoms with E-state index >= 15 is 0 Å². The lowest BCUT2D eigenvalue weighted by Crippen LogP contribution is -2.30. The molecule has 158 valence electrons. The second kappa shape index (κ2) is 8.92. The van der Waals surface area contributed by atoms with Crippen LogP contribution in [0.2, 0.25) is 0 Å². The maximum Gasteiger partial charge on any atom is 0.233 e. The molecule has 3 aromatic rings. The van der Waals surface area contributed by atoms with Gasteiger partial charge in [0.15, 0.2) is 5.82 Å². The van der Waals surface area contributed by atoms with E-state index in [4.69, 9.17) is 5.84 Å². The third kappa shape index (κ3) is 5.21. The Balaban J connectivity index is 1.63. The number of aryl methyl sites for hydroxylation is 1. The lowest BCUT2D eigenvalue weighted by molar-refractivity contribution is -0.120. The monoisotopic (exact) mass is 423 g/mol. The molecule has 0 aliphatic rings. The molecule has 1 amide bonds. The van der Waals surface area contributed by atoms with Gasteiger partial charge < -0.3 is 11.2 Å². The first-order valence-electron chi connectivity index (χ1n) is 9.96. The van der Waals surface area contributed by atoms with Crippen LogP contribution >= 0.6 is 11.8 Å². The van der Waals surface area contributed by atoms with Gasteiger partial charge in [-0.1, -0.05) is 86.6 Å². The number of carbonyl (C=O) groups is 1. The van der Waals surface area contributed by atoms with Crippen molar-refractivity contribution < 1.29 is 4.79 Å². The summed E-state index contributed by atoms with van der Waals surface area (Å²) in [5, 5.41) is 11.5. The van der Waals surface area contributed by atoms with Crippen molar-refractivity contribution in [2.75, 3.05) is 5.84 Å². The lowest BCUT2D eigenvalue weighted by Gasteiger charge is -2.19. The maximum atomic E-state index is 12.5. The van der Waals surface area contributed by atoms with Gasteiger partial charge in [-0.15, -0.1) is 10.2 Å². The summed E-state index contributed by atoms with van der Waals surface area (Å²) in [5.74, 6) is 6.73. The fourth-order valence-corrected chi connectivity index (χ4v) is 3.72. The number of nitrogen functional groups attached to an aromatic ring is 1. The van der Waals surface area contributed by atoms with E-state index in [1.165, 1.54) is 27.6 Å². The molecule has 3 N–H and O–H groups in total. The highest BCUT2D eigenvalue weighted by Crippen LogP contribution is 2.27. The zero-order chi connectivity index (χ0) is 21.9. The highest BCUT2D eigenvalue weighted by molar-refractivity contribution is 8.00. The Labute approximate surface area is 182 Å². The Kier molecular flexibility index (Phi) is 6.51. The molecule has 2 aromatic carbocycles. The number of amides is 1. The zero-order valence-corrected chi connectivity index (χ0v) is 19.0. The van der Waals surface area contributed by atoms with E-state index in [0.717, 1.165) is 11.1 Å². The molecule has 0 aliphatic carbocycles. The van der Waals surface area contributed by atoms with Crippen LogP contribution in [-0.4, -0.2) is 26.0 Å². The quantitative estimate of drug-likeness (QED) is 0.461. The average Bonchev–Trinajstić information content (AvgIpc) is 3.07. The summed E-state index contributed by atoms with van der Waals surface area (Å²) in [6.07, 6.45) is 0. The highest BCUT2D eigenvalue weighted by atomic mass is 32.2. The number of carbonyl (C=O) groups excluding carboxylic acids is 1. The minimum atomic E-state index is -0.349. The van der Waals surface area contributed by atoms with Crippen molar-refractivity contribution in [3.63, 3.8) is 0 Å². The van der Waals surface area contributed by atoms with Crippen LogP contribution in [0.3, 0.4) is 0 Å². The van der Waals surface area contributed by atoms with Gasteiger partial charge in [-0.3, -0.25) is 4.79 Å². The van der Waals surface area contributed by atoms with E-state index in [1.54, 1.807) is 0 Å². The molecule has 1 heterocycles. The SMILES string of the molecule is Cc1ccc(CNC(=O)C(C)Sc2nnc(-c3ccc(C(C)(C)C)cc3)n2N)cc1. The fraction of sp³-hybridized carbons (Fsp3) is 0.348. The zero-order valence-electron chi connectivity index (χ0n) is 18.1. The van der Waals surface area contributed by atoms with Gasteiger partial charge in [0.25, 0.3) is 0 Å². The molecular weight excluding hydrogens is 394 g/mol. The number of nitrogens with zero attached hydrogens (tertiary/aromatic N) is 3. The van der Waals surface area contributed by atoms with Crippen molar-refractivity contribution >= 4 is 17.7 Å². The molecule has 0 spiro atoms. The molecule has 1 aromatic heterocycles. The number of hydrogen-bond donors (Lipinski definition) is 2. The van der Waals surface area contributed by atoms with E-state index < -0.39 is 0 Å². The van der Waals surface area contributed by atoms with Gasteiger partial charge in [0.2, 0.25) is 11.1 Å². The van der Waals surface area contributed by atoms with Gasteiger partial charge in [-0.05, 0) is 30.4 Å². The molecule has 30 heavy (non-hydrogen) atoms. The van der Waals surface area contributed by atoms with E-state index in [2.05, 4.69) is 48.4 Å². The summed E-state index contributed by atoms with van der Waals surface area (Å²) < 4.78 is 1.44. The Morgan fingerprint density at radius 1 is 1.10 bits per heavy atom. The molecule has 0 bridgehead atoms. The van der Waals surface area contributed by atoms with Gasteiger partial charge in [0, 0.05) is 12.1 Å². The third-order valence-corrected chi connectivity index (χ3v) is 5.97. The van der Waals surface area contributed by atoms with Crippen LogP contribution in [0.1, 0.15) is 44.4 Å². The summed E-state index contributed by atoms with van der Waals surface area (Å²) >= 11 is 1.29. The molecule has 1 atom stereocenters.